The average molecular weight is 474 g/mol. The summed E-state index contributed by atoms with van der Waals surface area (Å²) in [4.78, 5) is 31.0. The van der Waals surface area contributed by atoms with E-state index < -0.39 is 0 Å². The summed E-state index contributed by atoms with van der Waals surface area (Å²) in [5, 5.41) is 1.76. The van der Waals surface area contributed by atoms with E-state index in [1.54, 1.807) is 43.6 Å². The van der Waals surface area contributed by atoms with Crippen molar-refractivity contribution in [3.05, 3.63) is 99.9 Å². The Balaban J connectivity index is 1.47. The number of pyridine rings is 1. The molecule has 0 N–H and O–H groups in total. The third-order valence-corrected chi connectivity index (χ3v) is 6.50. The van der Waals surface area contributed by atoms with Gasteiger partial charge in [0.25, 0.3) is 11.5 Å². The van der Waals surface area contributed by atoms with Crippen LogP contribution in [0.2, 0.25) is 5.02 Å². The lowest BCUT2D eigenvalue weighted by molar-refractivity contribution is 0.0748. The lowest BCUT2D eigenvalue weighted by Crippen LogP contribution is -2.49. The van der Waals surface area contributed by atoms with Gasteiger partial charge in [-0.15, -0.1) is 0 Å². The molecule has 7 heteroatoms. The first-order chi connectivity index (χ1) is 16.6. The van der Waals surface area contributed by atoms with Gasteiger partial charge in [0.2, 0.25) is 0 Å². The molecule has 172 valence electrons. The van der Waals surface area contributed by atoms with Gasteiger partial charge in [-0.2, -0.15) is 0 Å². The Morgan fingerprint density at radius 3 is 2.21 bits per heavy atom. The molecule has 1 saturated heterocycles. The van der Waals surface area contributed by atoms with Crippen molar-refractivity contribution >= 4 is 34.0 Å². The molecule has 1 aromatic heterocycles. The summed E-state index contributed by atoms with van der Waals surface area (Å²) in [6.07, 6.45) is 1.66. The fourth-order valence-corrected chi connectivity index (χ4v) is 4.59. The first kappa shape index (κ1) is 22.0. The van der Waals surface area contributed by atoms with E-state index in [1.165, 1.54) is 4.57 Å². The number of aromatic nitrogens is 1. The number of fused-ring (bicyclic) bond motifs is 1. The summed E-state index contributed by atoms with van der Waals surface area (Å²) < 4.78 is 7.03. The molecule has 5 rings (SSSR count). The van der Waals surface area contributed by atoms with E-state index in [-0.39, 0.29) is 11.5 Å². The van der Waals surface area contributed by atoms with E-state index in [0.29, 0.717) is 53.2 Å². The van der Waals surface area contributed by atoms with Gasteiger partial charge in [-0.1, -0.05) is 41.9 Å². The zero-order valence-corrected chi connectivity index (χ0v) is 19.5. The van der Waals surface area contributed by atoms with Gasteiger partial charge in [-0.3, -0.25) is 14.2 Å². The minimum atomic E-state index is -0.171. The number of ether oxygens (including phenoxy) is 1. The van der Waals surface area contributed by atoms with E-state index >= 15 is 0 Å². The van der Waals surface area contributed by atoms with Gasteiger partial charge in [0.05, 0.1) is 18.4 Å². The smallest absolute Gasteiger partial charge is 0.262 e. The number of nitrogens with zero attached hydrogens (tertiary/aromatic N) is 3. The first-order valence-corrected chi connectivity index (χ1v) is 11.5. The Labute approximate surface area is 202 Å². The predicted molar refractivity (Wildman–Crippen MR) is 136 cm³/mol. The Hall–Kier alpha value is -3.77. The lowest BCUT2D eigenvalue weighted by atomic mass is 10.1. The van der Waals surface area contributed by atoms with Gasteiger partial charge >= 0.3 is 0 Å². The van der Waals surface area contributed by atoms with Gasteiger partial charge in [0.15, 0.2) is 0 Å². The molecule has 0 spiro atoms. The number of carbonyl (C=O) groups is 1. The monoisotopic (exact) mass is 473 g/mol. The fraction of sp³-hybridized carbons (Fsp3) is 0.185. The molecular weight excluding hydrogens is 450 g/mol. The molecule has 0 aliphatic carbocycles. The number of carbonyl (C=O) groups excluding carboxylic acids is 1. The van der Waals surface area contributed by atoms with Crippen molar-refractivity contribution in [1.29, 1.82) is 0 Å². The van der Waals surface area contributed by atoms with Crippen LogP contribution in [0.5, 0.6) is 5.75 Å². The molecule has 1 aliphatic rings. The highest BCUT2D eigenvalue weighted by Gasteiger charge is 2.26. The zero-order valence-electron chi connectivity index (χ0n) is 18.8. The molecule has 0 saturated carbocycles. The molecule has 0 radical (unpaired) electrons. The Morgan fingerprint density at radius 2 is 1.50 bits per heavy atom. The molecule has 1 amide bonds. The number of para-hydroxylation sites is 2. The third-order valence-electron chi connectivity index (χ3n) is 6.25. The van der Waals surface area contributed by atoms with Crippen molar-refractivity contribution in [3.63, 3.8) is 0 Å². The quantitative estimate of drug-likeness (QED) is 0.434. The molecule has 0 bridgehead atoms. The van der Waals surface area contributed by atoms with Crippen LogP contribution in [-0.2, 0) is 0 Å². The summed E-state index contributed by atoms with van der Waals surface area (Å²) in [6.45, 7) is 2.54. The van der Waals surface area contributed by atoms with Crippen molar-refractivity contribution in [2.75, 3.05) is 38.2 Å². The van der Waals surface area contributed by atoms with Crippen LogP contribution in [-0.4, -0.2) is 48.7 Å². The fourth-order valence-electron chi connectivity index (χ4n) is 4.47. The second-order valence-electron chi connectivity index (χ2n) is 8.19. The maximum Gasteiger partial charge on any atom is 0.262 e. The molecule has 0 unspecified atom stereocenters. The van der Waals surface area contributed by atoms with Crippen LogP contribution in [0.4, 0.5) is 5.69 Å². The van der Waals surface area contributed by atoms with Crippen molar-refractivity contribution in [1.82, 2.24) is 9.47 Å². The van der Waals surface area contributed by atoms with Crippen molar-refractivity contribution in [2.45, 2.75) is 0 Å². The van der Waals surface area contributed by atoms with E-state index in [0.717, 1.165) is 11.4 Å². The van der Waals surface area contributed by atoms with Crippen LogP contribution in [0.25, 0.3) is 16.5 Å². The molecule has 0 atom stereocenters. The number of anilines is 1. The summed E-state index contributed by atoms with van der Waals surface area (Å²) in [5.41, 5.74) is 2.03. The number of benzene rings is 3. The zero-order chi connectivity index (χ0) is 23.7. The molecule has 6 nitrogen and oxygen atoms in total. The number of amides is 1. The van der Waals surface area contributed by atoms with Gasteiger partial charge in [-0.05, 0) is 42.5 Å². The maximum atomic E-state index is 13.7. The summed E-state index contributed by atoms with van der Waals surface area (Å²) >= 11 is 6.03. The SMILES string of the molecule is COc1ccccc1N1CCN(C(=O)c2cn(-c3ccc(Cl)cc3)c(=O)c3ccccc23)CC1. The molecule has 2 heterocycles. The summed E-state index contributed by atoms with van der Waals surface area (Å²) in [6, 6.07) is 22.2. The number of methoxy groups -OCH3 is 1. The molecule has 4 aromatic rings. The average Bonchev–Trinajstić information content (AvgIpc) is 2.89. The second-order valence-corrected chi connectivity index (χ2v) is 8.63. The first-order valence-electron chi connectivity index (χ1n) is 11.1. The highest BCUT2D eigenvalue weighted by Crippen LogP contribution is 2.29. The van der Waals surface area contributed by atoms with Crippen LogP contribution >= 0.6 is 11.6 Å². The predicted octanol–water partition coefficient (Wildman–Crippen LogP) is 4.62. The van der Waals surface area contributed by atoms with Crippen LogP contribution in [0.3, 0.4) is 0 Å². The number of hydrogen-bond donors (Lipinski definition) is 0. The molecule has 1 fully saturated rings. The standard InChI is InChI=1S/C27H24ClN3O3/c1-34-25-9-5-4-8-24(25)29-14-16-30(17-15-29)26(32)23-18-31(20-12-10-19(28)11-13-20)27(33)22-7-3-2-6-21(22)23/h2-13,18H,14-17H2,1H3. The van der Waals surface area contributed by atoms with Crippen molar-refractivity contribution in [3.8, 4) is 11.4 Å². The number of hydrogen-bond acceptors (Lipinski definition) is 4. The molecule has 3 aromatic carbocycles. The van der Waals surface area contributed by atoms with Crippen molar-refractivity contribution in [2.24, 2.45) is 0 Å². The van der Waals surface area contributed by atoms with E-state index in [2.05, 4.69) is 4.90 Å². The van der Waals surface area contributed by atoms with Gasteiger partial charge in [0, 0.05) is 53.9 Å². The third kappa shape index (κ3) is 4.01. The second kappa shape index (κ2) is 9.23. The van der Waals surface area contributed by atoms with Crippen LogP contribution in [0.15, 0.2) is 83.8 Å². The highest BCUT2D eigenvalue weighted by molar-refractivity contribution is 6.30. The van der Waals surface area contributed by atoms with Gasteiger partial charge < -0.3 is 14.5 Å². The molecule has 34 heavy (non-hydrogen) atoms. The maximum absolute atomic E-state index is 13.7. The largest absolute Gasteiger partial charge is 0.495 e. The van der Waals surface area contributed by atoms with E-state index in [1.807, 2.05) is 47.4 Å². The summed E-state index contributed by atoms with van der Waals surface area (Å²) in [7, 11) is 1.67. The minimum absolute atomic E-state index is 0.0846. The van der Waals surface area contributed by atoms with Gasteiger partial charge in [0.1, 0.15) is 5.75 Å². The number of piperazine rings is 1. The highest BCUT2D eigenvalue weighted by atomic mass is 35.5. The normalized spacial score (nSPS) is 13.8. The van der Waals surface area contributed by atoms with E-state index in [4.69, 9.17) is 16.3 Å². The van der Waals surface area contributed by atoms with Crippen LogP contribution < -0.4 is 15.2 Å². The molecule has 1 aliphatic heterocycles. The van der Waals surface area contributed by atoms with Crippen molar-refractivity contribution < 1.29 is 9.53 Å². The summed E-state index contributed by atoms with van der Waals surface area (Å²) in [5.74, 6) is 0.738. The minimum Gasteiger partial charge on any atom is -0.495 e. The number of rotatable bonds is 4. The Bertz CT molecular complexity index is 1410. The van der Waals surface area contributed by atoms with Crippen LogP contribution in [0, 0.1) is 0 Å². The lowest BCUT2D eigenvalue weighted by Gasteiger charge is -2.36. The Kier molecular flexibility index (Phi) is 5.99. The number of halogens is 1. The van der Waals surface area contributed by atoms with E-state index in [9.17, 15) is 9.59 Å². The van der Waals surface area contributed by atoms with Gasteiger partial charge in [-0.25, -0.2) is 0 Å². The topological polar surface area (TPSA) is 54.8 Å². The van der Waals surface area contributed by atoms with Crippen LogP contribution in [0.1, 0.15) is 10.4 Å². The Morgan fingerprint density at radius 1 is 0.853 bits per heavy atom. The molecular formula is C27H24ClN3O3.